The van der Waals surface area contributed by atoms with E-state index in [1.54, 1.807) is 6.07 Å². The lowest BCUT2D eigenvalue weighted by Gasteiger charge is -2.08. The molecule has 0 aliphatic rings. The maximum Gasteiger partial charge on any atom is 0.191 e. The smallest absolute Gasteiger partial charge is 0.191 e. The van der Waals surface area contributed by atoms with E-state index in [2.05, 4.69) is 15.6 Å². The van der Waals surface area contributed by atoms with Crippen LogP contribution in [0.4, 0.5) is 5.82 Å². The Bertz CT molecular complexity index is 956. The predicted molar refractivity (Wildman–Crippen MR) is 115 cm³/mol. The first-order valence-corrected chi connectivity index (χ1v) is 9.89. The van der Waals surface area contributed by atoms with E-state index in [-0.39, 0.29) is 5.43 Å². The van der Waals surface area contributed by atoms with Crippen LogP contribution in [0.2, 0.25) is 10.0 Å². The number of nitrogens with one attached hydrogen (secondary N) is 3. The van der Waals surface area contributed by atoms with Crippen molar-refractivity contribution in [2.45, 2.75) is 25.8 Å². The minimum Gasteiger partial charge on any atom is -0.372 e. The van der Waals surface area contributed by atoms with E-state index in [1.165, 1.54) is 0 Å². The van der Waals surface area contributed by atoms with Gasteiger partial charge in [-0.1, -0.05) is 47.8 Å². The zero-order chi connectivity index (χ0) is 19.1. The van der Waals surface area contributed by atoms with Gasteiger partial charge in [-0.2, -0.15) is 0 Å². The van der Waals surface area contributed by atoms with Gasteiger partial charge in [-0.05, 0) is 49.2 Å². The topological polar surface area (TPSA) is 56.9 Å². The molecule has 6 heteroatoms. The molecule has 27 heavy (non-hydrogen) atoms. The first-order chi connectivity index (χ1) is 13.1. The Morgan fingerprint density at radius 1 is 0.889 bits per heavy atom. The Balaban J connectivity index is 1.33. The zero-order valence-electron chi connectivity index (χ0n) is 15.0. The van der Waals surface area contributed by atoms with Gasteiger partial charge in [0.1, 0.15) is 5.82 Å². The normalized spacial score (nSPS) is 11.0. The summed E-state index contributed by atoms with van der Waals surface area (Å²) in [5, 5.41) is 8.61. The number of halogens is 2. The highest BCUT2D eigenvalue weighted by Crippen LogP contribution is 2.22. The van der Waals surface area contributed by atoms with Gasteiger partial charge in [0.05, 0.1) is 15.6 Å². The summed E-state index contributed by atoms with van der Waals surface area (Å²) in [5.74, 6) is 0.774. The molecule has 0 atom stereocenters. The molecule has 0 saturated heterocycles. The van der Waals surface area contributed by atoms with Crippen molar-refractivity contribution in [3.63, 3.8) is 0 Å². The van der Waals surface area contributed by atoms with Crippen LogP contribution in [0.25, 0.3) is 10.9 Å². The lowest BCUT2D eigenvalue weighted by Crippen LogP contribution is -2.15. The molecule has 0 saturated carbocycles. The van der Waals surface area contributed by atoms with Gasteiger partial charge in [0.25, 0.3) is 0 Å². The second-order valence-corrected chi connectivity index (χ2v) is 7.32. The van der Waals surface area contributed by atoms with Crippen LogP contribution in [0.15, 0.2) is 53.3 Å². The Morgan fingerprint density at radius 3 is 2.56 bits per heavy atom. The van der Waals surface area contributed by atoms with E-state index in [4.69, 9.17) is 23.2 Å². The molecule has 3 aromatic rings. The number of pyridine rings is 1. The molecule has 0 aliphatic heterocycles. The minimum atomic E-state index is 0.0401. The van der Waals surface area contributed by atoms with Crippen molar-refractivity contribution in [2.75, 3.05) is 18.4 Å². The van der Waals surface area contributed by atoms with Crippen LogP contribution in [0.5, 0.6) is 0 Å². The molecule has 0 fully saturated rings. The molecule has 1 aromatic heterocycles. The molecule has 0 bridgehead atoms. The highest BCUT2D eigenvalue weighted by atomic mass is 35.5. The number of unbranched alkanes of at least 4 members (excludes halogenated alkanes) is 2. The van der Waals surface area contributed by atoms with Crippen molar-refractivity contribution in [2.24, 2.45) is 0 Å². The monoisotopic (exact) mass is 403 g/mol. The molecule has 0 aliphatic carbocycles. The Kier molecular flexibility index (Phi) is 7.16. The minimum absolute atomic E-state index is 0.0401. The van der Waals surface area contributed by atoms with Crippen molar-refractivity contribution in [3.05, 3.63) is 74.4 Å². The van der Waals surface area contributed by atoms with E-state index >= 15 is 0 Å². The molecule has 0 unspecified atom stereocenters. The largest absolute Gasteiger partial charge is 0.372 e. The second kappa shape index (κ2) is 9.79. The lowest BCUT2D eigenvalue weighted by atomic mass is 10.2. The summed E-state index contributed by atoms with van der Waals surface area (Å²) < 4.78 is 0. The van der Waals surface area contributed by atoms with Crippen LogP contribution in [0.3, 0.4) is 0 Å². The van der Waals surface area contributed by atoms with Crippen molar-refractivity contribution < 1.29 is 0 Å². The molecule has 1 heterocycles. The van der Waals surface area contributed by atoms with Crippen molar-refractivity contribution in [1.29, 1.82) is 0 Å². The third kappa shape index (κ3) is 5.73. The summed E-state index contributed by atoms with van der Waals surface area (Å²) in [4.78, 5) is 15.3. The maximum absolute atomic E-state index is 12.1. The van der Waals surface area contributed by atoms with E-state index < -0.39 is 0 Å². The lowest BCUT2D eigenvalue weighted by molar-refractivity contribution is 0.610. The number of rotatable bonds is 9. The summed E-state index contributed by atoms with van der Waals surface area (Å²) in [6.45, 7) is 2.57. The molecule has 3 rings (SSSR count). The Morgan fingerprint density at radius 2 is 1.70 bits per heavy atom. The second-order valence-electron chi connectivity index (χ2n) is 6.51. The maximum atomic E-state index is 12.1. The summed E-state index contributed by atoms with van der Waals surface area (Å²) >= 11 is 11.9. The highest BCUT2D eigenvalue weighted by Gasteiger charge is 2.01. The van der Waals surface area contributed by atoms with Gasteiger partial charge in [0.15, 0.2) is 5.43 Å². The van der Waals surface area contributed by atoms with Gasteiger partial charge >= 0.3 is 0 Å². The molecule has 0 amide bonds. The number of para-hydroxylation sites is 1. The molecular formula is C21H23Cl2N3O. The number of hydrogen-bond donors (Lipinski definition) is 3. The van der Waals surface area contributed by atoms with E-state index in [0.29, 0.717) is 10.0 Å². The molecule has 4 nitrogen and oxygen atoms in total. The van der Waals surface area contributed by atoms with Crippen LogP contribution in [-0.4, -0.2) is 18.1 Å². The highest BCUT2D eigenvalue weighted by molar-refractivity contribution is 6.42. The Labute approximate surface area is 168 Å². The predicted octanol–water partition coefficient (Wildman–Crippen LogP) is 5.21. The standard InChI is InChI=1S/C21H23Cl2N3O/c22-17-9-8-15(12-18(17)23)14-24-10-4-1-5-11-25-21-13-20(27)16-6-2-3-7-19(16)26-21/h2-3,6-9,12-13,24H,1,4-5,10-11,14H2,(H2,25,26,27). The average Bonchev–Trinajstić information content (AvgIpc) is 2.67. The van der Waals surface area contributed by atoms with Gasteiger partial charge in [0.2, 0.25) is 0 Å². The van der Waals surface area contributed by atoms with Gasteiger partial charge in [0, 0.05) is 24.5 Å². The van der Waals surface area contributed by atoms with E-state index in [1.807, 2.05) is 42.5 Å². The average molecular weight is 404 g/mol. The van der Waals surface area contributed by atoms with Crippen molar-refractivity contribution in [3.8, 4) is 0 Å². The van der Waals surface area contributed by atoms with Crippen LogP contribution < -0.4 is 16.1 Å². The molecule has 3 N–H and O–H groups in total. The summed E-state index contributed by atoms with van der Waals surface area (Å²) in [6, 6.07) is 14.9. The molecule has 142 valence electrons. The van der Waals surface area contributed by atoms with E-state index in [9.17, 15) is 4.79 Å². The van der Waals surface area contributed by atoms with E-state index in [0.717, 1.165) is 61.2 Å². The Hall–Kier alpha value is -2.01. The number of aromatic nitrogens is 1. The quantitative estimate of drug-likeness (QED) is 0.430. The van der Waals surface area contributed by atoms with Gasteiger partial charge in [-0.25, -0.2) is 0 Å². The van der Waals surface area contributed by atoms with Crippen molar-refractivity contribution in [1.82, 2.24) is 10.3 Å². The fourth-order valence-corrected chi connectivity index (χ4v) is 3.27. The first kappa shape index (κ1) is 19.7. The number of anilines is 1. The van der Waals surface area contributed by atoms with Crippen LogP contribution in [0.1, 0.15) is 24.8 Å². The third-order valence-electron chi connectivity index (χ3n) is 4.40. The number of benzene rings is 2. The molecular weight excluding hydrogens is 381 g/mol. The molecule has 0 radical (unpaired) electrons. The van der Waals surface area contributed by atoms with Gasteiger partial charge < -0.3 is 15.6 Å². The number of aromatic amines is 1. The van der Waals surface area contributed by atoms with Crippen LogP contribution in [0, 0.1) is 0 Å². The van der Waals surface area contributed by atoms with Crippen molar-refractivity contribution >= 4 is 39.9 Å². The van der Waals surface area contributed by atoms with Gasteiger partial charge in [-0.15, -0.1) is 0 Å². The first-order valence-electron chi connectivity index (χ1n) is 9.14. The summed E-state index contributed by atoms with van der Waals surface area (Å²) in [7, 11) is 0. The molecule has 0 spiro atoms. The fraction of sp³-hybridized carbons (Fsp3) is 0.286. The fourth-order valence-electron chi connectivity index (χ4n) is 2.95. The summed E-state index contributed by atoms with van der Waals surface area (Å²) in [6.07, 6.45) is 3.25. The number of H-pyrrole nitrogens is 1. The number of fused-ring (bicyclic) bond motifs is 1. The summed E-state index contributed by atoms with van der Waals surface area (Å²) in [5.41, 5.74) is 2.03. The van der Waals surface area contributed by atoms with Gasteiger partial charge in [-0.3, -0.25) is 4.79 Å². The van der Waals surface area contributed by atoms with Crippen LogP contribution >= 0.6 is 23.2 Å². The van der Waals surface area contributed by atoms with Crippen LogP contribution in [-0.2, 0) is 6.54 Å². The number of hydrogen-bond acceptors (Lipinski definition) is 3. The molecule has 2 aromatic carbocycles. The zero-order valence-corrected chi connectivity index (χ0v) is 16.5. The third-order valence-corrected chi connectivity index (χ3v) is 5.14. The SMILES string of the molecule is O=c1cc(NCCCCCNCc2ccc(Cl)c(Cl)c2)[nH]c2ccccc12.